The van der Waals surface area contributed by atoms with Crippen LogP contribution in [0.1, 0.15) is 5.56 Å². The molecule has 2 rings (SSSR count). The first-order chi connectivity index (χ1) is 10.4. The zero-order chi connectivity index (χ0) is 16.2. The van der Waals surface area contributed by atoms with E-state index < -0.39 is 11.7 Å². The van der Waals surface area contributed by atoms with E-state index in [0.29, 0.717) is 17.8 Å². The van der Waals surface area contributed by atoms with Gasteiger partial charge in [0.2, 0.25) is 12.3 Å². The first kappa shape index (κ1) is 15.5. The molecule has 0 bridgehead atoms. The van der Waals surface area contributed by atoms with Gasteiger partial charge in [0.05, 0.1) is 30.2 Å². The van der Waals surface area contributed by atoms with Gasteiger partial charge in [-0.3, -0.25) is 4.79 Å². The molecule has 0 saturated heterocycles. The van der Waals surface area contributed by atoms with Crippen molar-refractivity contribution in [3.63, 3.8) is 0 Å². The Bertz CT molecular complexity index is 659. The minimum absolute atomic E-state index is 0.0621. The molecule has 0 aliphatic carbocycles. The van der Waals surface area contributed by atoms with Crippen molar-refractivity contribution < 1.29 is 22.7 Å². The summed E-state index contributed by atoms with van der Waals surface area (Å²) in [5.74, 6) is 0.448. The molecule has 0 unspecified atom stereocenters. The number of hydrogen-bond acceptors (Lipinski definition) is 5. The first-order valence-electron chi connectivity index (χ1n) is 5.98. The lowest BCUT2D eigenvalue weighted by Gasteiger charge is -2.13. The maximum atomic E-state index is 12.6. The Hall–Kier alpha value is -2.84. The number of halogens is 3. The molecule has 1 amide bonds. The lowest BCUT2D eigenvalue weighted by atomic mass is 10.2. The third-order valence-electron chi connectivity index (χ3n) is 2.64. The summed E-state index contributed by atoms with van der Waals surface area (Å²) in [7, 11) is 1.46. The smallest absolute Gasteiger partial charge is 0.417 e. The van der Waals surface area contributed by atoms with Crippen LogP contribution in [-0.4, -0.2) is 23.5 Å². The van der Waals surface area contributed by atoms with E-state index in [-0.39, 0.29) is 17.9 Å². The van der Waals surface area contributed by atoms with Gasteiger partial charge >= 0.3 is 6.18 Å². The molecule has 0 saturated carbocycles. The third-order valence-corrected chi connectivity index (χ3v) is 2.64. The van der Waals surface area contributed by atoms with Crippen molar-refractivity contribution in [2.75, 3.05) is 17.7 Å². The second kappa shape index (κ2) is 6.29. The van der Waals surface area contributed by atoms with Gasteiger partial charge in [-0.1, -0.05) is 0 Å². The van der Waals surface area contributed by atoms with Crippen molar-refractivity contribution in [3.05, 3.63) is 36.2 Å². The number of methoxy groups -OCH3 is 1. The summed E-state index contributed by atoms with van der Waals surface area (Å²) < 4.78 is 42.8. The van der Waals surface area contributed by atoms with Gasteiger partial charge in [-0.15, -0.1) is 0 Å². The Labute approximate surface area is 123 Å². The maximum absolute atomic E-state index is 12.6. The molecule has 2 aromatic heterocycles. The van der Waals surface area contributed by atoms with Gasteiger partial charge in [-0.25, -0.2) is 9.97 Å². The summed E-state index contributed by atoms with van der Waals surface area (Å²) in [5.41, 5.74) is -0.585. The highest BCUT2D eigenvalue weighted by molar-refractivity contribution is 5.81. The fraction of sp³-hybridized carbons (Fsp3) is 0.154. The van der Waals surface area contributed by atoms with Gasteiger partial charge in [0.15, 0.2) is 5.82 Å². The fourth-order valence-corrected chi connectivity index (χ4v) is 1.60. The molecule has 22 heavy (non-hydrogen) atoms. The summed E-state index contributed by atoms with van der Waals surface area (Å²) in [4.78, 5) is 18.2. The van der Waals surface area contributed by atoms with Crippen molar-refractivity contribution in [2.24, 2.45) is 0 Å². The Morgan fingerprint density at radius 1 is 1.23 bits per heavy atom. The number of anilines is 3. The van der Waals surface area contributed by atoms with E-state index >= 15 is 0 Å². The highest BCUT2D eigenvalue weighted by Gasteiger charge is 2.31. The number of pyridine rings is 2. The van der Waals surface area contributed by atoms with Crippen LogP contribution in [0.25, 0.3) is 0 Å². The Balaban J connectivity index is 2.30. The lowest BCUT2D eigenvalue weighted by Crippen LogP contribution is -2.09. The molecule has 2 heterocycles. The molecule has 0 spiro atoms. The molecule has 2 aromatic rings. The van der Waals surface area contributed by atoms with Crippen LogP contribution >= 0.6 is 0 Å². The topological polar surface area (TPSA) is 76.1 Å². The number of aromatic nitrogens is 2. The molecule has 9 heteroatoms. The van der Waals surface area contributed by atoms with Crippen molar-refractivity contribution in [3.8, 4) is 5.88 Å². The molecule has 0 aliphatic heterocycles. The van der Waals surface area contributed by atoms with Crippen LogP contribution in [0.3, 0.4) is 0 Å². The maximum Gasteiger partial charge on any atom is 0.417 e. The predicted octanol–water partition coefficient (Wildman–Crippen LogP) is 2.82. The summed E-state index contributed by atoms with van der Waals surface area (Å²) in [6, 6.07) is 3.97. The Morgan fingerprint density at radius 2 is 2.00 bits per heavy atom. The van der Waals surface area contributed by atoms with E-state index in [0.717, 1.165) is 6.07 Å². The van der Waals surface area contributed by atoms with Crippen LogP contribution in [0, 0.1) is 0 Å². The Kier molecular flexibility index (Phi) is 4.44. The molecule has 116 valence electrons. The van der Waals surface area contributed by atoms with E-state index in [4.69, 9.17) is 4.74 Å². The number of carbonyl (C=O) groups is 1. The molecule has 0 atom stereocenters. The van der Waals surface area contributed by atoms with Crippen molar-refractivity contribution >= 4 is 23.6 Å². The summed E-state index contributed by atoms with van der Waals surface area (Å²) in [6.45, 7) is 0. The number of nitrogens with one attached hydrogen (secondary N) is 2. The first-order valence-corrected chi connectivity index (χ1v) is 5.98. The van der Waals surface area contributed by atoms with Gasteiger partial charge in [-0.2, -0.15) is 13.2 Å². The van der Waals surface area contributed by atoms with Gasteiger partial charge in [0.25, 0.3) is 0 Å². The number of ether oxygens (including phenoxy) is 1. The van der Waals surface area contributed by atoms with E-state index in [9.17, 15) is 18.0 Å². The number of carbonyl (C=O) groups excluding carboxylic acids is 1. The quantitative estimate of drug-likeness (QED) is 0.830. The molecule has 0 radical (unpaired) electrons. The highest BCUT2D eigenvalue weighted by atomic mass is 19.4. The second-order valence-corrected chi connectivity index (χ2v) is 4.09. The van der Waals surface area contributed by atoms with Crippen LogP contribution in [0.4, 0.5) is 30.4 Å². The molecule has 6 nitrogen and oxygen atoms in total. The largest absolute Gasteiger partial charge is 0.481 e. The van der Waals surface area contributed by atoms with E-state index in [1.807, 2.05) is 0 Å². The van der Waals surface area contributed by atoms with Crippen LogP contribution in [0.2, 0.25) is 0 Å². The van der Waals surface area contributed by atoms with Crippen molar-refractivity contribution in [2.45, 2.75) is 6.18 Å². The Morgan fingerprint density at radius 3 is 2.55 bits per heavy atom. The monoisotopic (exact) mass is 312 g/mol. The minimum Gasteiger partial charge on any atom is -0.481 e. The molecular formula is C13H11F3N4O2. The van der Waals surface area contributed by atoms with Gasteiger partial charge in [-0.05, 0) is 12.1 Å². The van der Waals surface area contributed by atoms with E-state index in [2.05, 4.69) is 20.6 Å². The fourth-order valence-electron chi connectivity index (χ4n) is 1.60. The standard InChI is InChI=1S/C13H11F3N4O2/c1-22-11-3-2-9(6-17-11)20-12-10(19-7-21)4-8(5-18-12)13(14,15)16/h2-7H,1H3,(H,18,20)(H,19,21). The zero-order valence-corrected chi connectivity index (χ0v) is 11.3. The van der Waals surface area contributed by atoms with Gasteiger partial charge < -0.3 is 15.4 Å². The number of rotatable bonds is 5. The number of alkyl halides is 3. The number of hydrogen-bond donors (Lipinski definition) is 2. The molecule has 0 aliphatic rings. The third kappa shape index (κ3) is 3.62. The van der Waals surface area contributed by atoms with E-state index in [1.165, 1.54) is 13.3 Å². The molecule has 0 aromatic carbocycles. The summed E-state index contributed by atoms with van der Waals surface area (Å²) >= 11 is 0. The summed E-state index contributed by atoms with van der Waals surface area (Å²) in [6.07, 6.45) is -2.18. The van der Waals surface area contributed by atoms with Gasteiger partial charge in [0.1, 0.15) is 0 Å². The molecule has 2 N–H and O–H groups in total. The molecule has 0 fully saturated rings. The zero-order valence-electron chi connectivity index (χ0n) is 11.3. The highest BCUT2D eigenvalue weighted by Crippen LogP contribution is 2.33. The SMILES string of the molecule is COc1ccc(Nc2ncc(C(F)(F)F)cc2NC=O)cn1. The predicted molar refractivity (Wildman–Crippen MR) is 73.0 cm³/mol. The van der Waals surface area contributed by atoms with Crippen LogP contribution in [0.5, 0.6) is 5.88 Å². The second-order valence-electron chi connectivity index (χ2n) is 4.09. The van der Waals surface area contributed by atoms with Crippen LogP contribution < -0.4 is 15.4 Å². The van der Waals surface area contributed by atoms with Crippen molar-refractivity contribution in [1.29, 1.82) is 0 Å². The average Bonchev–Trinajstić information content (AvgIpc) is 2.49. The van der Waals surface area contributed by atoms with Crippen LogP contribution in [0.15, 0.2) is 30.6 Å². The van der Waals surface area contributed by atoms with E-state index in [1.54, 1.807) is 12.1 Å². The van der Waals surface area contributed by atoms with Gasteiger partial charge in [0, 0.05) is 12.3 Å². The number of amides is 1. The minimum atomic E-state index is -4.55. The van der Waals surface area contributed by atoms with Crippen molar-refractivity contribution in [1.82, 2.24) is 9.97 Å². The van der Waals surface area contributed by atoms with Crippen LogP contribution in [-0.2, 0) is 11.0 Å². The normalized spacial score (nSPS) is 10.9. The lowest BCUT2D eigenvalue weighted by molar-refractivity contribution is -0.137. The molecular weight excluding hydrogens is 301 g/mol. The number of nitrogens with zero attached hydrogens (tertiary/aromatic N) is 2. The summed E-state index contributed by atoms with van der Waals surface area (Å²) in [5, 5.41) is 4.95. The average molecular weight is 312 g/mol.